The predicted molar refractivity (Wildman–Crippen MR) is 98.4 cm³/mol. The summed E-state index contributed by atoms with van der Waals surface area (Å²) in [7, 11) is 1.56. The number of aryl methyl sites for hydroxylation is 1. The van der Waals surface area contributed by atoms with Crippen LogP contribution in [0.3, 0.4) is 0 Å². The minimum atomic E-state index is -0.380. The van der Waals surface area contributed by atoms with Crippen molar-refractivity contribution in [3.05, 3.63) is 51.9 Å². The largest absolute Gasteiger partial charge is 0.495 e. The van der Waals surface area contributed by atoms with Gasteiger partial charge in [-0.1, -0.05) is 33.8 Å². The lowest BCUT2D eigenvalue weighted by Crippen LogP contribution is -2.26. The molecule has 1 aromatic carbocycles. The van der Waals surface area contributed by atoms with Crippen LogP contribution in [0, 0.1) is 0 Å². The van der Waals surface area contributed by atoms with Crippen LogP contribution in [-0.2, 0) is 12.0 Å². The van der Waals surface area contributed by atoms with Gasteiger partial charge in [0.25, 0.3) is 11.5 Å². The molecule has 0 radical (unpaired) electrons. The first-order valence-electron chi connectivity index (χ1n) is 8.34. The van der Waals surface area contributed by atoms with Gasteiger partial charge in [0.2, 0.25) is 0 Å². The van der Waals surface area contributed by atoms with E-state index >= 15 is 0 Å². The lowest BCUT2D eigenvalue weighted by Gasteiger charge is -2.21. The molecule has 0 atom stereocenters. The predicted octanol–water partition coefficient (Wildman–Crippen LogP) is 3.21. The van der Waals surface area contributed by atoms with E-state index in [4.69, 9.17) is 4.74 Å². The highest BCUT2D eigenvalue weighted by atomic mass is 16.5. The first-order chi connectivity index (χ1) is 11.8. The van der Waals surface area contributed by atoms with Crippen molar-refractivity contribution in [2.75, 3.05) is 12.4 Å². The van der Waals surface area contributed by atoms with Crippen LogP contribution in [0.5, 0.6) is 5.75 Å². The quantitative estimate of drug-likeness (QED) is 0.905. The Morgan fingerprint density at radius 2 is 1.96 bits per heavy atom. The summed E-state index contributed by atoms with van der Waals surface area (Å²) in [4.78, 5) is 24.3. The van der Waals surface area contributed by atoms with Crippen molar-refractivity contribution >= 4 is 11.6 Å². The highest BCUT2D eigenvalue weighted by molar-refractivity contribution is 6.03. The number of aromatic nitrogens is 2. The Labute approximate surface area is 147 Å². The average Bonchev–Trinajstić information content (AvgIpc) is 2.56. The van der Waals surface area contributed by atoms with E-state index < -0.39 is 0 Å². The molecule has 0 aliphatic carbocycles. The molecule has 6 heteroatoms. The molecule has 1 aromatic heterocycles. The summed E-state index contributed by atoms with van der Waals surface area (Å²) in [5.74, 6) is 0.192. The summed E-state index contributed by atoms with van der Waals surface area (Å²) >= 11 is 0. The molecule has 0 spiro atoms. The molecule has 25 heavy (non-hydrogen) atoms. The maximum absolute atomic E-state index is 12.6. The second-order valence-corrected chi connectivity index (χ2v) is 6.90. The molecule has 0 fully saturated rings. The van der Waals surface area contributed by atoms with Gasteiger partial charge in [-0.25, -0.2) is 4.68 Å². The highest BCUT2D eigenvalue weighted by Crippen LogP contribution is 2.31. The van der Waals surface area contributed by atoms with Crippen LogP contribution in [-0.4, -0.2) is 22.8 Å². The monoisotopic (exact) mass is 343 g/mol. The van der Waals surface area contributed by atoms with Gasteiger partial charge in [0, 0.05) is 12.6 Å². The van der Waals surface area contributed by atoms with Gasteiger partial charge >= 0.3 is 0 Å². The van der Waals surface area contributed by atoms with E-state index in [9.17, 15) is 9.59 Å². The number of hydrogen-bond donors (Lipinski definition) is 1. The normalized spacial score (nSPS) is 11.2. The summed E-state index contributed by atoms with van der Waals surface area (Å²) in [5.41, 5.74) is 1.57. The third-order valence-electron chi connectivity index (χ3n) is 3.85. The first kappa shape index (κ1) is 18.7. The van der Waals surface area contributed by atoms with E-state index in [0.29, 0.717) is 18.0 Å². The summed E-state index contributed by atoms with van der Waals surface area (Å²) in [6.07, 6.45) is 0.763. The Morgan fingerprint density at radius 3 is 2.56 bits per heavy atom. The van der Waals surface area contributed by atoms with Crippen LogP contribution in [0.1, 0.15) is 50.2 Å². The van der Waals surface area contributed by atoms with Gasteiger partial charge in [-0.3, -0.25) is 9.59 Å². The second-order valence-electron chi connectivity index (χ2n) is 6.90. The van der Waals surface area contributed by atoms with Gasteiger partial charge < -0.3 is 10.1 Å². The van der Waals surface area contributed by atoms with Crippen molar-refractivity contribution in [1.82, 2.24) is 9.78 Å². The molecule has 1 heterocycles. The molecule has 1 amide bonds. The second kappa shape index (κ2) is 7.51. The summed E-state index contributed by atoms with van der Waals surface area (Å²) in [6.45, 7) is 8.72. The Morgan fingerprint density at radius 1 is 1.24 bits per heavy atom. The van der Waals surface area contributed by atoms with Gasteiger partial charge in [0.15, 0.2) is 0 Å². The number of rotatable bonds is 5. The number of carbonyl (C=O) groups is 1. The van der Waals surface area contributed by atoms with Crippen molar-refractivity contribution in [3.8, 4) is 5.75 Å². The molecule has 0 aliphatic heterocycles. The van der Waals surface area contributed by atoms with Crippen LogP contribution in [0.4, 0.5) is 5.69 Å². The molecular weight excluding hydrogens is 318 g/mol. The van der Waals surface area contributed by atoms with Gasteiger partial charge in [0.05, 0.1) is 12.8 Å². The molecule has 0 saturated carbocycles. The zero-order chi connectivity index (χ0) is 18.6. The molecule has 0 saturated heterocycles. The molecule has 1 N–H and O–H groups in total. The fraction of sp³-hybridized carbons (Fsp3) is 0.421. The van der Waals surface area contributed by atoms with Crippen LogP contribution in [0.25, 0.3) is 0 Å². The number of amides is 1. The topological polar surface area (TPSA) is 73.2 Å². The van der Waals surface area contributed by atoms with Gasteiger partial charge in [-0.15, -0.1) is 0 Å². The Hall–Kier alpha value is -2.63. The fourth-order valence-corrected chi connectivity index (χ4v) is 2.40. The van der Waals surface area contributed by atoms with E-state index in [1.54, 1.807) is 7.11 Å². The molecule has 134 valence electrons. The smallest absolute Gasteiger partial charge is 0.276 e. The maximum atomic E-state index is 12.6. The van der Waals surface area contributed by atoms with E-state index in [0.717, 1.165) is 12.0 Å². The van der Waals surface area contributed by atoms with Gasteiger partial charge in [0.1, 0.15) is 11.4 Å². The number of hydrogen-bond acceptors (Lipinski definition) is 4. The number of carbonyl (C=O) groups excluding carboxylic acids is 1. The van der Waals surface area contributed by atoms with E-state index in [2.05, 4.69) is 31.2 Å². The van der Waals surface area contributed by atoms with Crippen LogP contribution >= 0.6 is 0 Å². The molecule has 6 nitrogen and oxygen atoms in total. The molecule has 0 unspecified atom stereocenters. The Bertz CT molecular complexity index is 819. The van der Waals surface area contributed by atoms with Crippen molar-refractivity contribution in [2.45, 2.75) is 46.1 Å². The van der Waals surface area contributed by atoms with Crippen molar-refractivity contribution < 1.29 is 9.53 Å². The first-order valence-corrected chi connectivity index (χ1v) is 8.34. The summed E-state index contributed by atoms with van der Waals surface area (Å²) < 4.78 is 6.64. The van der Waals surface area contributed by atoms with E-state index in [1.165, 1.54) is 16.8 Å². The van der Waals surface area contributed by atoms with E-state index in [1.807, 2.05) is 25.1 Å². The molecule has 2 aromatic rings. The summed E-state index contributed by atoms with van der Waals surface area (Å²) in [5, 5.41) is 6.97. The number of anilines is 1. The zero-order valence-corrected chi connectivity index (χ0v) is 15.4. The molecule has 0 aliphatic rings. The zero-order valence-electron chi connectivity index (χ0n) is 15.4. The van der Waals surface area contributed by atoms with Crippen LogP contribution in [0.2, 0.25) is 0 Å². The lowest BCUT2D eigenvalue weighted by atomic mass is 9.87. The molecular formula is C19H25N3O3. The van der Waals surface area contributed by atoms with E-state index in [-0.39, 0.29) is 22.6 Å². The third-order valence-corrected chi connectivity index (χ3v) is 3.85. The van der Waals surface area contributed by atoms with Crippen LogP contribution < -0.4 is 15.6 Å². The standard InChI is InChI=1S/C19H25N3O3/c1-6-11-22-17(23)10-8-14(21-22)18(24)20-15-12-13(19(2,3)4)7-9-16(15)25-5/h7-10,12H,6,11H2,1-5H3,(H,20,24). The minimum Gasteiger partial charge on any atom is -0.495 e. The SMILES string of the molecule is CCCn1nc(C(=O)Nc2cc(C(C)(C)C)ccc2OC)ccc1=O. The third kappa shape index (κ3) is 4.47. The van der Waals surface area contributed by atoms with Crippen LogP contribution in [0.15, 0.2) is 35.1 Å². The van der Waals surface area contributed by atoms with Crippen molar-refractivity contribution in [3.63, 3.8) is 0 Å². The summed E-state index contributed by atoms with van der Waals surface area (Å²) in [6, 6.07) is 8.51. The minimum absolute atomic E-state index is 0.0572. The number of benzene rings is 1. The van der Waals surface area contributed by atoms with Crippen molar-refractivity contribution in [2.24, 2.45) is 0 Å². The van der Waals surface area contributed by atoms with Gasteiger partial charge in [-0.05, 0) is 35.6 Å². The molecule has 2 rings (SSSR count). The Kier molecular flexibility index (Phi) is 5.62. The van der Waals surface area contributed by atoms with Gasteiger partial charge in [-0.2, -0.15) is 5.10 Å². The molecule has 0 bridgehead atoms. The number of nitrogens with one attached hydrogen (secondary N) is 1. The number of nitrogens with zero attached hydrogens (tertiary/aromatic N) is 2. The average molecular weight is 343 g/mol. The number of methoxy groups -OCH3 is 1. The Balaban J connectivity index is 2.34. The lowest BCUT2D eigenvalue weighted by molar-refractivity contribution is 0.101. The highest BCUT2D eigenvalue weighted by Gasteiger charge is 2.18. The maximum Gasteiger partial charge on any atom is 0.276 e. The number of ether oxygens (including phenoxy) is 1. The fourth-order valence-electron chi connectivity index (χ4n) is 2.40. The van der Waals surface area contributed by atoms with Crippen molar-refractivity contribution in [1.29, 1.82) is 0 Å².